The van der Waals surface area contributed by atoms with E-state index in [0.29, 0.717) is 18.9 Å². The summed E-state index contributed by atoms with van der Waals surface area (Å²) in [5.41, 5.74) is 0.308. The minimum Gasteiger partial charge on any atom is -0.388 e. The predicted molar refractivity (Wildman–Crippen MR) is 75.7 cm³/mol. The molecule has 1 saturated carbocycles. The zero-order valence-electron chi connectivity index (χ0n) is 11.6. The number of carbonyl (C=O) groups excluding carboxylic acids is 1. The van der Waals surface area contributed by atoms with Crippen LogP contribution in [0.5, 0.6) is 0 Å². The maximum Gasteiger partial charge on any atom is 0.224 e. The maximum atomic E-state index is 11.8. The van der Waals surface area contributed by atoms with Crippen molar-refractivity contribution in [2.24, 2.45) is 5.92 Å². The van der Waals surface area contributed by atoms with Crippen LogP contribution in [0.2, 0.25) is 0 Å². The fraction of sp³-hybridized carbons (Fsp3) is 0.562. The van der Waals surface area contributed by atoms with Crippen molar-refractivity contribution < 1.29 is 9.90 Å². The molecule has 0 spiro atoms. The van der Waals surface area contributed by atoms with Gasteiger partial charge in [0.25, 0.3) is 0 Å². The summed E-state index contributed by atoms with van der Waals surface area (Å²) in [6.07, 6.45) is 4.06. The molecule has 19 heavy (non-hydrogen) atoms. The standard InChI is InChI=1S/C16H23NO2/c1-13-7-9-16(19,10-8-13)12-17-15(18)11-14-5-3-2-4-6-14/h2-6,13,19H,7-12H2,1H3,(H,17,18). The van der Waals surface area contributed by atoms with Gasteiger partial charge in [-0.1, -0.05) is 37.3 Å². The number of hydrogen-bond acceptors (Lipinski definition) is 2. The zero-order chi connectivity index (χ0) is 13.7. The lowest BCUT2D eigenvalue weighted by Crippen LogP contribution is -2.45. The molecule has 3 nitrogen and oxygen atoms in total. The maximum absolute atomic E-state index is 11.8. The summed E-state index contributed by atoms with van der Waals surface area (Å²) in [6, 6.07) is 9.68. The summed E-state index contributed by atoms with van der Waals surface area (Å²) >= 11 is 0. The number of nitrogens with one attached hydrogen (secondary N) is 1. The average Bonchev–Trinajstić information content (AvgIpc) is 2.42. The lowest BCUT2D eigenvalue weighted by atomic mass is 9.79. The second-order valence-corrected chi connectivity index (χ2v) is 5.85. The Bertz CT molecular complexity index is 408. The van der Waals surface area contributed by atoms with Gasteiger partial charge in [-0.25, -0.2) is 0 Å². The Morgan fingerprint density at radius 3 is 2.58 bits per heavy atom. The Morgan fingerprint density at radius 2 is 1.95 bits per heavy atom. The van der Waals surface area contributed by atoms with Crippen molar-refractivity contribution in [1.82, 2.24) is 5.32 Å². The molecule has 3 heteroatoms. The SMILES string of the molecule is CC1CCC(O)(CNC(=O)Cc2ccccc2)CC1. The van der Waals surface area contributed by atoms with Gasteiger partial charge in [0.2, 0.25) is 5.91 Å². The molecule has 0 aliphatic heterocycles. The van der Waals surface area contributed by atoms with Gasteiger partial charge in [0.1, 0.15) is 0 Å². The highest BCUT2D eigenvalue weighted by atomic mass is 16.3. The predicted octanol–water partition coefficient (Wildman–Crippen LogP) is 2.29. The molecule has 0 atom stereocenters. The van der Waals surface area contributed by atoms with Gasteiger partial charge in [-0.3, -0.25) is 4.79 Å². The minimum atomic E-state index is -0.696. The van der Waals surface area contributed by atoms with Gasteiger partial charge in [-0.2, -0.15) is 0 Å². The monoisotopic (exact) mass is 261 g/mol. The third-order valence-electron chi connectivity index (χ3n) is 4.03. The fourth-order valence-electron chi connectivity index (χ4n) is 2.58. The molecule has 0 aromatic heterocycles. The second kappa shape index (κ2) is 6.20. The highest BCUT2D eigenvalue weighted by molar-refractivity contribution is 5.78. The van der Waals surface area contributed by atoms with Crippen molar-refractivity contribution in [2.75, 3.05) is 6.54 Å². The quantitative estimate of drug-likeness (QED) is 0.873. The number of rotatable bonds is 4. The molecular weight excluding hydrogens is 238 g/mol. The van der Waals surface area contributed by atoms with Crippen LogP contribution in [0.3, 0.4) is 0 Å². The van der Waals surface area contributed by atoms with Gasteiger partial charge in [0.05, 0.1) is 12.0 Å². The van der Waals surface area contributed by atoms with E-state index in [2.05, 4.69) is 12.2 Å². The van der Waals surface area contributed by atoms with E-state index in [9.17, 15) is 9.90 Å². The van der Waals surface area contributed by atoms with Gasteiger partial charge in [0, 0.05) is 6.54 Å². The van der Waals surface area contributed by atoms with Crippen LogP contribution in [-0.2, 0) is 11.2 Å². The summed E-state index contributed by atoms with van der Waals surface area (Å²) in [6.45, 7) is 2.60. The number of carbonyl (C=O) groups is 1. The van der Waals surface area contributed by atoms with Crippen molar-refractivity contribution in [3.63, 3.8) is 0 Å². The average molecular weight is 261 g/mol. The van der Waals surface area contributed by atoms with Crippen molar-refractivity contribution >= 4 is 5.91 Å². The molecule has 104 valence electrons. The van der Waals surface area contributed by atoms with Gasteiger partial charge in [-0.05, 0) is 37.2 Å². The van der Waals surface area contributed by atoms with E-state index in [1.807, 2.05) is 30.3 Å². The van der Waals surface area contributed by atoms with Crippen molar-refractivity contribution in [3.8, 4) is 0 Å². The molecule has 0 bridgehead atoms. The van der Waals surface area contributed by atoms with Crippen molar-refractivity contribution in [1.29, 1.82) is 0 Å². The fourth-order valence-corrected chi connectivity index (χ4v) is 2.58. The lowest BCUT2D eigenvalue weighted by molar-refractivity contribution is -0.122. The van der Waals surface area contributed by atoms with Crippen LogP contribution in [0, 0.1) is 5.92 Å². The van der Waals surface area contributed by atoms with Gasteiger partial charge in [0.15, 0.2) is 0 Å². The first-order valence-electron chi connectivity index (χ1n) is 7.10. The number of benzene rings is 1. The minimum absolute atomic E-state index is 0.0155. The smallest absolute Gasteiger partial charge is 0.224 e. The summed E-state index contributed by atoms with van der Waals surface area (Å²) in [5.74, 6) is 0.679. The Hall–Kier alpha value is -1.35. The molecule has 2 N–H and O–H groups in total. The van der Waals surface area contributed by atoms with Crippen LogP contribution < -0.4 is 5.32 Å². The van der Waals surface area contributed by atoms with Crippen LogP contribution in [0.1, 0.15) is 38.2 Å². The van der Waals surface area contributed by atoms with Crippen LogP contribution in [-0.4, -0.2) is 23.2 Å². The summed E-state index contributed by atoms with van der Waals surface area (Å²) < 4.78 is 0. The van der Waals surface area contributed by atoms with E-state index < -0.39 is 5.60 Å². The van der Waals surface area contributed by atoms with E-state index in [-0.39, 0.29) is 5.91 Å². The molecule has 1 aromatic rings. The van der Waals surface area contributed by atoms with E-state index in [1.54, 1.807) is 0 Å². The first kappa shape index (κ1) is 14.1. The van der Waals surface area contributed by atoms with Crippen LogP contribution in [0.4, 0.5) is 0 Å². The Labute approximate surface area is 115 Å². The van der Waals surface area contributed by atoms with Crippen LogP contribution in [0.15, 0.2) is 30.3 Å². The van der Waals surface area contributed by atoms with Gasteiger partial charge in [-0.15, -0.1) is 0 Å². The van der Waals surface area contributed by atoms with Crippen molar-refractivity contribution in [3.05, 3.63) is 35.9 Å². The Kier molecular flexibility index (Phi) is 4.59. The molecular formula is C16H23NO2. The van der Waals surface area contributed by atoms with Crippen molar-refractivity contribution in [2.45, 2.75) is 44.6 Å². The Balaban J connectivity index is 1.77. The molecule has 0 radical (unpaired) electrons. The molecule has 0 heterocycles. The molecule has 0 unspecified atom stereocenters. The molecule has 0 saturated heterocycles. The van der Waals surface area contributed by atoms with E-state index in [0.717, 1.165) is 31.2 Å². The molecule has 1 amide bonds. The van der Waals surface area contributed by atoms with E-state index in [1.165, 1.54) is 0 Å². The zero-order valence-corrected chi connectivity index (χ0v) is 11.6. The summed E-state index contributed by atoms with van der Waals surface area (Å²) in [7, 11) is 0. The third kappa shape index (κ3) is 4.35. The normalized spacial score (nSPS) is 26.9. The summed E-state index contributed by atoms with van der Waals surface area (Å²) in [5, 5.41) is 13.3. The van der Waals surface area contributed by atoms with E-state index in [4.69, 9.17) is 0 Å². The highest BCUT2D eigenvalue weighted by Crippen LogP contribution is 2.31. The number of amides is 1. The molecule has 1 aliphatic carbocycles. The molecule has 1 aliphatic rings. The van der Waals surface area contributed by atoms with Crippen LogP contribution in [0.25, 0.3) is 0 Å². The third-order valence-corrected chi connectivity index (χ3v) is 4.03. The molecule has 1 aromatic carbocycles. The first-order chi connectivity index (χ1) is 9.07. The second-order valence-electron chi connectivity index (χ2n) is 5.85. The largest absolute Gasteiger partial charge is 0.388 e. The topological polar surface area (TPSA) is 49.3 Å². The van der Waals surface area contributed by atoms with E-state index >= 15 is 0 Å². The van der Waals surface area contributed by atoms with Crippen LogP contribution >= 0.6 is 0 Å². The number of aliphatic hydroxyl groups is 1. The first-order valence-corrected chi connectivity index (χ1v) is 7.10. The molecule has 2 rings (SSSR count). The molecule has 1 fully saturated rings. The Morgan fingerprint density at radius 1 is 1.32 bits per heavy atom. The highest BCUT2D eigenvalue weighted by Gasteiger charge is 2.31. The number of hydrogen-bond donors (Lipinski definition) is 2. The van der Waals surface area contributed by atoms with Gasteiger partial charge >= 0.3 is 0 Å². The lowest BCUT2D eigenvalue weighted by Gasteiger charge is -2.34. The summed E-state index contributed by atoms with van der Waals surface area (Å²) in [4.78, 5) is 11.8. The van der Waals surface area contributed by atoms with Gasteiger partial charge < -0.3 is 10.4 Å².